The molecule has 0 aliphatic carbocycles. The summed E-state index contributed by atoms with van der Waals surface area (Å²) in [5.74, 6) is 1.62. The van der Waals surface area contributed by atoms with Gasteiger partial charge in [0.2, 0.25) is 5.89 Å². The lowest BCUT2D eigenvalue weighted by Gasteiger charge is -2.19. The van der Waals surface area contributed by atoms with E-state index in [-0.39, 0.29) is 10.8 Å². The molecule has 2 N–H and O–H groups in total. The summed E-state index contributed by atoms with van der Waals surface area (Å²) >= 11 is 0. The summed E-state index contributed by atoms with van der Waals surface area (Å²) < 4.78 is 7.00. The standard InChI is InChI=1S/C13H22N6O/c1-12(2,3)9-10(14)16-18-19(9)7-8-15-11(17-20-8)13(4,5)6/h7,14H2,1-6H3. The Morgan fingerprint density at radius 1 is 1.10 bits per heavy atom. The first-order valence-electron chi connectivity index (χ1n) is 6.61. The summed E-state index contributed by atoms with van der Waals surface area (Å²) in [6.45, 7) is 12.7. The van der Waals surface area contributed by atoms with Crippen molar-refractivity contribution in [3.05, 3.63) is 17.4 Å². The zero-order chi connectivity index (χ0) is 15.1. The van der Waals surface area contributed by atoms with Gasteiger partial charge in [0.05, 0.1) is 5.69 Å². The normalized spacial score (nSPS) is 12.9. The van der Waals surface area contributed by atoms with Crippen molar-refractivity contribution < 1.29 is 4.52 Å². The van der Waals surface area contributed by atoms with Crippen LogP contribution in [0.4, 0.5) is 5.82 Å². The van der Waals surface area contributed by atoms with Crippen molar-refractivity contribution in [2.24, 2.45) is 0 Å². The van der Waals surface area contributed by atoms with Crippen molar-refractivity contribution in [1.82, 2.24) is 25.1 Å². The highest BCUT2D eigenvalue weighted by Crippen LogP contribution is 2.26. The van der Waals surface area contributed by atoms with E-state index in [1.165, 1.54) is 0 Å². The molecule has 0 saturated carbocycles. The number of hydrogen-bond acceptors (Lipinski definition) is 6. The number of hydrogen-bond donors (Lipinski definition) is 1. The Hall–Kier alpha value is -1.92. The van der Waals surface area contributed by atoms with E-state index < -0.39 is 0 Å². The first-order valence-corrected chi connectivity index (χ1v) is 6.61. The largest absolute Gasteiger partial charge is 0.381 e. The van der Waals surface area contributed by atoms with Gasteiger partial charge in [0.25, 0.3) is 0 Å². The van der Waals surface area contributed by atoms with E-state index in [4.69, 9.17) is 10.3 Å². The topological polar surface area (TPSA) is 95.7 Å². The summed E-state index contributed by atoms with van der Waals surface area (Å²) in [4.78, 5) is 4.40. The molecule has 0 amide bonds. The van der Waals surface area contributed by atoms with E-state index in [9.17, 15) is 0 Å². The average molecular weight is 278 g/mol. The van der Waals surface area contributed by atoms with Gasteiger partial charge < -0.3 is 10.3 Å². The van der Waals surface area contributed by atoms with E-state index in [0.717, 1.165) is 5.69 Å². The van der Waals surface area contributed by atoms with Gasteiger partial charge in [0.1, 0.15) is 6.54 Å². The molecule has 0 saturated heterocycles. The highest BCUT2D eigenvalue weighted by Gasteiger charge is 2.26. The molecule has 0 atom stereocenters. The fraction of sp³-hybridized carbons (Fsp3) is 0.692. The predicted octanol–water partition coefficient (Wildman–Crippen LogP) is 1.89. The fourth-order valence-electron chi connectivity index (χ4n) is 1.96. The number of nitrogens with two attached hydrogens (primary N) is 1. The van der Waals surface area contributed by atoms with Crippen LogP contribution in [-0.4, -0.2) is 25.1 Å². The molecular weight excluding hydrogens is 256 g/mol. The maximum atomic E-state index is 5.89. The average Bonchev–Trinajstić information content (AvgIpc) is 2.84. The van der Waals surface area contributed by atoms with Gasteiger partial charge in [-0.15, -0.1) is 5.10 Å². The molecule has 2 aromatic rings. The summed E-state index contributed by atoms with van der Waals surface area (Å²) in [5.41, 5.74) is 6.47. The van der Waals surface area contributed by atoms with Crippen LogP contribution >= 0.6 is 0 Å². The second-order valence-electron chi connectivity index (χ2n) is 6.99. The zero-order valence-electron chi connectivity index (χ0n) is 12.9. The molecule has 0 spiro atoms. The molecule has 0 fully saturated rings. The summed E-state index contributed by atoms with van der Waals surface area (Å²) in [7, 11) is 0. The summed E-state index contributed by atoms with van der Waals surface area (Å²) in [6.07, 6.45) is 0. The van der Waals surface area contributed by atoms with Crippen LogP contribution in [0, 0.1) is 0 Å². The Balaban J connectivity index is 2.30. The molecule has 2 heterocycles. The van der Waals surface area contributed by atoms with Crippen molar-refractivity contribution in [3.8, 4) is 0 Å². The Kier molecular flexibility index (Phi) is 3.31. The number of aromatic nitrogens is 5. The minimum Gasteiger partial charge on any atom is -0.381 e. The summed E-state index contributed by atoms with van der Waals surface area (Å²) in [5, 5.41) is 12.0. The highest BCUT2D eigenvalue weighted by molar-refractivity contribution is 5.38. The third kappa shape index (κ3) is 2.81. The maximum absolute atomic E-state index is 5.89. The minimum absolute atomic E-state index is 0.143. The van der Waals surface area contributed by atoms with Crippen LogP contribution in [0.5, 0.6) is 0 Å². The molecular formula is C13H22N6O. The van der Waals surface area contributed by atoms with Gasteiger partial charge in [0, 0.05) is 10.8 Å². The van der Waals surface area contributed by atoms with E-state index in [2.05, 4.69) is 41.2 Å². The molecule has 0 aliphatic heterocycles. The van der Waals surface area contributed by atoms with Crippen molar-refractivity contribution in [2.45, 2.75) is 58.9 Å². The number of rotatable bonds is 2. The Bertz CT molecular complexity index is 599. The third-order valence-corrected chi connectivity index (χ3v) is 2.90. The Labute approximate surface area is 118 Å². The van der Waals surface area contributed by atoms with Gasteiger partial charge in [0.15, 0.2) is 11.6 Å². The number of nitrogen functional groups attached to an aromatic ring is 1. The predicted molar refractivity (Wildman–Crippen MR) is 75.2 cm³/mol. The Morgan fingerprint density at radius 3 is 2.25 bits per heavy atom. The van der Waals surface area contributed by atoms with E-state index >= 15 is 0 Å². The van der Waals surface area contributed by atoms with E-state index in [1.54, 1.807) is 4.68 Å². The second kappa shape index (κ2) is 4.57. The molecule has 0 bridgehead atoms. The van der Waals surface area contributed by atoms with Gasteiger partial charge in [-0.25, -0.2) is 4.68 Å². The lowest BCUT2D eigenvalue weighted by molar-refractivity contribution is 0.347. The van der Waals surface area contributed by atoms with Gasteiger partial charge in [-0.05, 0) is 0 Å². The van der Waals surface area contributed by atoms with E-state index in [0.29, 0.717) is 24.1 Å². The molecule has 2 aromatic heterocycles. The van der Waals surface area contributed by atoms with Crippen LogP contribution in [0.15, 0.2) is 4.52 Å². The maximum Gasteiger partial charge on any atom is 0.248 e. The first kappa shape index (κ1) is 14.5. The van der Waals surface area contributed by atoms with Gasteiger partial charge in [-0.3, -0.25) is 0 Å². The van der Waals surface area contributed by atoms with Gasteiger partial charge in [-0.1, -0.05) is 51.9 Å². The monoisotopic (exact) mass is 278 g/mol. The van der Waals surface area contributed by atoms with Crippen molar-refractivity contribution in [3.63, 3.8) is 0 Å². The molecule has 2 rings (SSSR count). The SMILES string of the molecule is CC(C)(C)c1noc(Cn2nnc(N)c2C(C)(C)C)n1. The second-order valence-corrected chi connectivity index (χ2v) is 6.99. The van der Waals surface area contributed by atoms with Crippen molar-refractivity contribution >= 4 is 5.82 Å². The number of nitrogens with zero attached hydrogens (tertiary/aromatic N) is 5. The molecule has 0 aliphatic rings. The summed E-state index contributed by atoms with van der Waals surface area (Å²) in [6, 6.07) is 0. The first-order chi connectivity index (χ1) is 9.09. The van der Waals surface area contributed by atoms with E-state index in [1.807, 2.05) is 20.8 Å². The zero-order valence-corrected chi connectivity index (χ0v) is 12.9. The lowest BCUT2D eigenvalue weighted by atomic mass is 9.92. The fourth-order valence-corrected chi connectivity index (χ4v) is 1.96. The van der Waals surface area contributed by atoms with Crippen molar-refractivity contribution in [2.75, 3.05) is 5.73 Å². The van der Waals surface area contributed by atoms with Crippen LogP contribution < -0.4 is 5.73 Å². The van der Waals surface area contributed by atoms with Gasteiger partial charge >= 0.3 is 0 Å². The lowest BCUT2D eigenvalue weighted by Crippen LogP contribution is -2.20. The quantitative estimate of drug-likeness (QED) is 0.901. The van der Waals surface area contributed by atoms with Crippen LogP contribution in [0.25, 0.3) is 0 Å². The Morgan fingerprint density at radius 2 is 1.75 bits per heavy atom. The molecule has 7 heteroatoms. The number of anilines is 1. The molecule has 7 nitrogen and oxygen atoms in total. The molecule has 20 heavy (non-hydrogen) atoms. The van der Waals surface area contributed by atoms with Crippen molar-refractivity contribution in [1.29, 1.82) is 0 Å². The smallest absolute Gasteiger partial charge is 0.248 e. The third-order valence-electron chi connectivity index (χ3n) is 2.90. The van der Waals surface area contributed by atoms with Gasteiger partial charge in [-0.2, -0.15) is 4.98 Å². The highest BCUT2D eigenvalue weighted by atomic mass is 16.5. The van der Waals surface area contributed by atoms with Crippen LogP contribution in [-0.2, 0) is 17.4 Å². The molecule has 0 radical (unpaired) electrons. The van der Waals surface area contributed by atoms with Crippen LogP contribution in [0.2, 0.25) is 0 Å². The van der Waals surface area contributed by atoms with Crippen LogP contribution in [0.3, 0.4) is 0 Å². The van der Waals surface area contributed by atoms with Crippen LogP contribution in [0.1, 0.15) is 59.0 Å². The minimum atomic E-state index is -0.152. The molecule has 110 valence electrons. The molecule has 0 aromatic carbocycles. The molecule has 0 unspecified atom stereocenters.